The Balaban J connectivity index is 2.30. The minimum atomic E-state index is 0.0455. The third-order valence-electron chi connectivity index (χ3n) is 3.64. The summed E-state index contributed by atoms with van der Waals surface area (Å²) in [6.07, 6.45) is 0.0455. The van der Waals surface area contributed by atoms with Crippen LogP contribution in [0.4, 0.5) is 0 Å². The van der Waals surface area contributed by atoms with Gasteiger partial charge >= 0.3 is 0 Å². The van der Waals surface area contributed by atoms with Gasteiger partial charge in [0, 0.05) is 22.3 Å². The van der Waals surface area contributed by atoms with Gasteiger partial charge in [-0.25, -0.2) is 0 Å². The molecule has 1 heterocycles. The first kappa shape index (κ1) is 15.8. The molecule has 0 bridgehead atoms. The molecule has 23 heavy (non-hydrogen) atoms. The van der Waals surface area contributed by atoms with E-state index in [1.54, 1.807) is 0 Å². The Hall–Kier alpha value is -2.07. The van der Waals surface area contributed by atoms with E-state index in [0.717, 1.165) is 27.0 Å². The molecule has 2 aromatic carbocycles. The Bertz CT molecular complexity index is 846. The van der Waals surface area contributed by atoms with Gasteiger partial charge in [0.1, 0.15) is 5.75 Å². The Morgan fingerprint density at radius 2 is 1.78 bits per heavy atom. The van der Waals surface area contributed by atoms with Crippen LogP contribution in [0.1, 0.15) is 19.4 Å². The molecular weight excluding hydrogens is 354 g/mol. The zero-order chi connectivity index (χ0) is 16.4. The summed E-state index contributed by atoms with van der Waals surface area (Å²) >= 11 is 3.51. The van der Waals surface area contributed by atoms with E-state index in [0.29, 0.717) is 16.5 Å². The lowest BCUT2D eigenvalue weighted by Crippen LogP contribution is -2.31. The Morgan fingerprint density at radius 3 is 2.52 bits per heavy atom. The van der Waals surface area contributed by atoms with Crippen molar-refractivity contribution in [3.8, 4) is 17.0 Å². The second-order valence-electron chi connectivity index (χ2n) is 5.67. The van der Waals surface area contributed by atoms with Crippen LogP contribution in [0.5, 0.6) is 5.75 Å². The fourth-order valence-corrected chi connectivity index (χ4v) is 3.13. The predicted molar refractivity (Wildman–Crippen MR) is 96.7 cm³/mol. The SMILES string of the molecule is CC(C)Oc1ccccc1-c1c(CBr)cc2ccccc2[n+]1[O-]. The first-order chi connectivity index (χ1) is 11.1. The molecule has 0 unspecified atom stereocenters. The van der Waals surface area contributed by atoms with Gasteiger partial charge in [-0.3, -0.25) is 0 Å². The van der Waals surface area contributed by atoms with Gasteiger partial charge in [0.05, 0.1) is 11.7 Å². The van der Waals surface area contributed by atoms with Crippen molar-refractivity contribution in [3.63, 3.8) is 0 Å². The summed E-state index contributed by atoms with van der Waals surface area (Å²) in [4.78, 5) is 0. The van der Waals surface area contributed by atoms with Crippen LogP contribution in [-0.4, -0.2) is 6.10 Å². The molecule has 0 amide bonds. The van der Waals surface area contributed by atoms with Crippen LogP contribution in [-0.2, 0) is 5.33 Å². The quantitative estimate of drug-likeness (QED) is 0.374. The second kappa shape index (κ2) is 6.59. The van der Waals surface area contributed by atoms with Crippen LogP contribution in [0.25, 0.3) is 22.2 Å². The van der Waals surface area contributed by atoms with Gasteiger partial charge in [-0.15, -0.1) is 0 Å². The number of fused-ring (bicyclic) bond motifs is 1. The molecule has 0 radical (unpaired) electrons. The smallest absolute Gasteiger partial charge is 0.232 e. The molecule has 0 saturated carbocycles. The summed E-state index contributed by atoms with van der Waals surface area (Å²) in [6, 6.07) is 17.4. The number of alkyl halides is 1. The summed E-state index contributed by atoms with van der Waals surface area (Å²) in [7, 11) is 0. The highest BCUT2D eigenvalue weighted by Crippen LogP contribution is 2.33. The summed E-state index contributed by atoms with van der Waals surface area (Å²) in [5.74, 6) is 0.726. The molecule has 4 heteroatoms. The van der Waals surface area contributed by atoms with Crippen molar-refractivity contribution in [2.75, 3.05) is 0 Å². The number of hydrogen-bond acceptors (Lipinski definition) is 2. The van der Waals surface area contributed by atoms with Gasteiger partial charge in [0.2, 0.25) is 11.2 Å². The fourth-order valence-electron chi connectivity index (χ4n) is 2.70. The fraction of sp³-hybridized carbons (Fsp3) is 0.211. The van der Waals surface area contributed by atoms with E-state index < -0.39 is 0 Å². The molecule has 1 aromatic heterocycles. The third kappa shape index (κ3) is 3.04. The van der Waals surface area contributed by atoms with E-state index in [9.17, 15) is 5.21 Å². The van der Waals surface area contributed by atoms with E-state index in [-0.39, 0.29) is 6.10 Å². The van der Waals surface area contributed by atoms with Gasteiger partial charge in [-0.2, -0.15) is 4.73 Å². The maximum atomic E-state index is 13.0. The predicted octanol–water partition coefficient (Wildman–Crippen LogP) is 4.82. The standard InChI is InChI=1S/C19H18BrNO2/c1-13(2)23-18-10-6-4-8-16(18)19-15(12-20)11-14-7-3-5-9-17(14)21(19)22/h3-11,13H,12H2,1-2H3. The lowest BCUT2D eigenvalue weighted by atomic mass is 10.0. The van der Waals surface area contributed by atoms with Crippen molar-refractivity contribution in [3.05, 3.63) is 65.4 Å². The Morgan fingerprint density at radius 1 is 1.09 bits per heavy atom. The molecule has 0 aliphatic heterocycles. The molecule has 3 nitrogen and oxygen atoms in total. The number of rotatable bonds is 4. The first-order valence-corrected chi connectivity index (χ1v) is 8.70. The second-order valence-corrected chi connectivity index (χ2v) is 6.23. The number of nitrogens with zero attached hydrogens (tertiary/aromatic N) is 1. The van der Waals surface area contributed by atoms with E-state index >= 15 is 0 Å². The highest BCUT2D eigenvalue weighted by molar-refractivity contribution is 9.08. The molecule has 0 spiro atoms. The molecule has 3 rings (SSSR count). The Kier molecular flexibility index (Phi) is 4.53. The molecular formula is C19H18BrNO2. The van der Waals surface area contributed by atoms with E-state index in [4.69, 9.17) is 4.74 Å². The topological polar surface area (TPSA) is 36.2 Å². The average Bonchev–Trinajstić information content (AvgIpc) is 2.55. The monoisotopic (exact) mass is 371 g/mol. The van der Waals surface area contributed by atoms with Crippen LogP contribution in [0.3, 0.4) is 0 Å². The minimum Gasteiger partial charge on any atom is -0.618 e. The van der Waals surface area contributed by atoms with E-state index in [2.05, 4.69) is 22.0 Å². The minimum absolute atomic E-state index is 0.0455. The van der Waals surface area contributed by atoms with Gasteiger partial charge in [0.25, 0.3) is 0 Å². The van der Waals surface area contributed by atoms with Crippen molar-refractivity contribution in [1.29, 1.82) is 0 Å². The van der Waals surface area contributed by atoms with Crippen LogP contribution in [0.15, 0.2) is 54.6 Å². The summed E-state index contributed by atoms with van der Waals surface area (Å²) in [5, 5.41) is 14.5. The highest BCUT2D eigenvalue weighted by Gasteiger charge is 2.22. The van der Waals surface area contributed by atoms with Crippen molar-refractivity contribution in [2.24, 2.45) is 0 Å². The lowest BCUT2D eigenvalue weighted by Gasteiger charge is -2.16. The number of hydrogen-bond donors (Lipinski definition) is 0. The zero-order valence-electron chi connectivity index (χ0n) is 13.1. The molecule has 0 fully saturated rings. The highest BCUT2D eigenvalue weighted by atomic mass is 79.9. The number of para-hydroxylation sites is 2. The molecule has 3 aromatic rings. The van der Waals surface area contributed by atoms with Crippen molar-refractivity contribution in [1.82, 2.24) is 0 Å². The van der Waals surface area contributed by atoms with Crippen LogP contribution in [0, 0.1) is 5.21 Å². The van der Waals surface area contributed by atoms with Crippen LogP contribution < -0.4 is 9.47 Å². The number of ether oxygens (including phenoxy) is 1. The zero-order valence-corrected chi connectivity index (χ0v) is 14.7. The van der Waals surface area contributed by atoms with Crippen LogP contribution in [0.2, 0.25) is 0 Å². The van der Waals surface area contributed by atoms with Gasteiger partial charge in [-0.05, 0) is 38.1 Å². The molecule has 0 N–H and O–H groups in total. The van der Waals surface area contributed by atoms with Crippen molar-refractivity contribution in [2.45, 2.75) is 25.3 Å². The number of benzene rings is 2. The normalized spacial score (nSPS) is 11.1. The van der Waals surface area contributed by atoms with Gasteiger partial charge in [-0.1, -0.05) is 40.2 Å². The summed E-state index contributed by atoms with van der Waals surface area (Å²) in [5.41, 5.74) is 3.05. The third-order valence-corrected chi connectivity index (χ3v) is 4.25. The summed E-state index contributed by atoms with van der Waals surface area (Å²) in [6.45, 7) is 3.96. The molecule has 0 saturated heterocycles. The van der Waals surface area contributed by atoms with Gasteiger partial charge < -0.3 is 9.94 Å². The first-order valence-electron chi connectivity index (χ1n) is 7.58. The lowest BCUT2D eigenvalue weighted by molar-refractivity contribution is -0.565. The van der Waals surface area contributed by atoms with Gasteiger partial charge in [0.15, 0.2) is 0 Å². The van der Waals surface area contributed by atoms with E-state index in [1.165, 1.54) is 0 Å². The number of halogens is 1. The summed E-state index contributed by atoms with van der Waals surface area (Å²) < 4.78 is 6.91. The van der Waals surface area contributed by atoms with E-state index in [1.807, 2.05) is 62.4 Å². The molecule has 118 valence electrons. The molecule has 0 aliphatic carbocycles. The molecule has 0 aliphatic rings. The number of aromatic nitrogens is 1. The van der Waals surface area contributed by atoms with Crippen LogP contribution >= 0.6 is 15.9 Å². The molecule has 0 atom stereocenters. The largest absolute Gasteiger partial charge is 0.618 e. The van der Waals surface area contributed by atoms with Crippen molar-refractivity contribution < 1.29 is 9.47 Å². The average molecular weight is 372 g/mol. The Labute approximate surface area is 144 Å². The number of pyridine rings is 1. The maximum Gasteiger partial charge on any atom is 0.232 e. The van der Waals surface area contributed by atoms with Crippen molar-refractivity contribution >= 4 is 26.8 Å². The maximum absolute atomic E-state index is 13.0.